The fraction of sp³-hybridized carbons (Fsp3) is 0.182. The summed E-state index contributed by atoms with van der Waals surface area (Å²) in [7, 11) is 0. The van der Waals surface area contributed by atoms with Crippen molar-refractivity contribution >= 4 is 28.3 Å². The first-order valence-corrected chi connectivity index (χ1v) is 4.79. The Morgan fingerprint density at radius 1 is 1.21 bits per heavy atom. The Morgan fingerprint density at radius 3 is 2.64 bits per heavy atom. The molecule has 0 saturated carbocycles. The monoisotopic (exact) mass is 206 g/mol. The molecule has 3 heteroatoms. The largest absolute Gasteiger partial charge is 0.383 e. The van der Waals surface area contributed by atoms with Gasteiger partial charge in [0.15, 0.2) is 0 Å². The summed E-state index contributed by atoms with van der Waals surface area (Å²) in [6.45, 7) is 3.93. The van der Waals surface area contributed by atoms with Crippen LogP contribution in [0.5, 0.6) is 0 Å². The van der Waals surface area contributed by atoms with Crippen molar-refractivity contribution in [2.75, 3.05) is 5.73 Å². The molecule has 2 rings (SSSR count). The van der Waals surface area contributed by atoms with E-state index in [9.17, 15) is 0 Å². The first-order chi connectivity index (χ1) is 6.59. The maximum absolute atomic E-state index is 6.07. The SMILES string of the molecule is Cc1cc2c(Cl)ccc(C)c2nc1N. The van der Waals surface area contributed by atoms with E-state index in [1.54, 1.807) is 0 Å². The van der Waals surface area contributed by atoms with E-state index in [2.05, 4.69) is 4.98 Å². The minimum Gasteiger partial charge on any atom is -0.383 e. The molecular formula is C11H11ClN2. The van der Waals surface area contributed by atoms with Gasteiger partial charge in [0.25, 0.3) is 0 Å². The van der Waals surface area contributed by atoms with Gasteiger partial charge in [-0.05, 0) is 37.1 Å². The molecular weight excluding hydrogens is 196 g/mol. The number of hydrogen-bond donors (Lipinski definition) is 1. The van der Waals surface area contributed by atoms with Crippen LogP contribution in [0.1, 0.15) is 11.1 Å². The highest BCUT2D eigenvalue weighted by Crippen LogP contribution is 2.27. The highest BCUT2D eigenvalue weighted by molar-refractivity contribution is 6.35. The van der Waals surface area contributed by atoms with Crippen LogP contribution in [0, 0.1) is 13.8 Å². The number of nitrogen functional groups attached to an aromatic ring is 1. The molecule has 72 valence electrons. The number of rotatable bonds is 0. The molecule has 1 aromatic carbocycles. The van der Waals surface area contributed by atoms with Crippen LogP contribution >= 0.6 is 11.6 Å². The Morgan fingerprint density at radius 2 is 1.93 bits per heavy atom. The van der Waals surface area contributed by atoms with Crippen LogP contribution in [-0.4, -0.2) is 4.98 Å². The molecule has 0 aliphatic rings. The van der Waals surface area contributed by atoms with Crippen molar-refractivity contribution in [3.8, 4) is 0 Å². The second kappa shape index (κ2) is 3.14. The van der Waals surface area contributed by atoms with Crippen molar-refractivity contribution < 1.29 is 0 Å². The van der Waals surface area contributed by atoms with E-state index in [4.69, 9.17) is 17.3 Å². The molecule has 2 aromatic rings. The lowest BCUT2D eigenvalue weighted by molar-refractivity contribution is 1.32. The van der Waals surface area contributed by atoms with Crippen LogP contribution < -0.4 is 5.73 Å². The number of fused-ring (bicyclic) bond motifs is 1. The van der Waals surface area contributed by atoms with Crippen molar-refractivity contribution in [3.05, 3.63) is 34.3 Å². The summed E-state index contributed by atoms with van der Waals surface area (Å²) in [6, 6.07) is 5.82. The fourth-order valence-corrected chi connectivity index (χ4v) is 1.68. The fourth-order valence-electron chi connectivity index (χ4n) is 1.48. The summed E-state index contributed by atoms with van der Waals surface area (Å²) in [5.74, 6) is 0.572. The van der Waals surface area contributed by atoms with Crippen molar-refractivity contribution in [2.45, 2.75) is 13.8 Å². The summed E-state index contributed by atoms with van der Waals surface area (Å²) in [5.41, 5.74) is 8.70. The number of anilines is 1. The smallest absolute Gasteiger partial charge is 0.127 e. The Hall–Kier alpha value is -1.28. The molecule has 0 aliphatic heterocycles. The summed E-state index contributed by atoms with van der Waals surface area (Å²) >= 11 is 6.07. The van der Waals surface area contributed by atoms with E-state index in [0.717, 1.165) is 27.1 Å². The Balaban J connectivity index is 2.94. The van der Waals surface area contributed by atoms with Gasteiger partial charge in [-0.2, -0.15) is 0 Å². The van der Waals surface area contributed by atoms with Gasteiger partial charge in [-0.15, -0.1) is 0 Å². The number of nitrogens with zero attached hydrogens (tertiary/aromatic N) is 1. The predicted octanol–water partition coefficient (Wildman–Crippen LogP) is 3.09. The summed E-state index contributed by atoms with van der Waals surface area (Å²) in [6.07, 6.45) is 0. The lowest BCUT2D eigenvalue weighted by Crippen LogP contribution is -1.95. The summed E-state index contributed by atoms with van der Waals surface area (Å²) in [4.78, 5) is 4.33. The normalized spacial score (nSPS) is 10.8. The maximum Gasteiger partial charge on any atom is 0.127 e. The van der Waals surface area contributed by atoms with Gasteiger partial charge in [-0.25, -0.2) is 4.98 Å². The van der Waals surface area contributed by atoms with Gasteiger partial charge in [0.1, 0.15) is 5.82 Å². The Bertz CT molecular complexity index is 460. The standard InChI is InChI=1S/C11H11ClN2/c1-6-3-4-9(12)8-5-7(2)11(13)14-10(6)8/h3-5H,1-2H3,(H2,13,14). The van der Waals surface area contributed by atoms with Crippen molar-refractivity contribution in [2.24, 2.45) is 0 Å². The number of aryl methyl sites for hydroxylation is 2. The van der Waals surface area contributed by atoms with E-state index < -0.39 is 0 Å². The molecule has 0 radical (unpaired) electrons. The van der Waals surface area contributed by atoms with Crippen LogP contribution in [-0.2, 0) is 0 Å². The van der Waals surface area contributed by atoms with Crippen molar-refractivity contribution in [1.82, 2.24) is 4.98 Å². The maximum atomic E-state index is 6.07. The third-order valence-corrected chi connectivity index (χ3v) is 2.69. The molecule has 0 unspecified atom stereocenters. The number of halogens is 1. The first kappa shape index (κ1) is 9.28. The quantitative estimate of drug-likeness (QED) is 0.720. The molecule has 1 heterocycles. The van der Waals surface area contributed by atoms with Gasteiger partial charge >= 0.3 is 0 Å². The molecule has 0 spiro atoms. The third-order valence-electron chi connectivity index (χ3n) is 2.36. The summed E-state index contributed by atoms with van der Waals surface area (Å²) < 4.78 is 0. The molecule has 2 nitrogen and oxygen atoms in total. The third kappa shape index (κ3) is 1.32. The molecule has 0 bridgehead atoms. The lowest BCUT2D eigenvalue weighted by atomic mass is 10.1. The lowest BCUT2D eigenvalue weighted by Gasteiger charge is -2.06. The van der Waals surface area contributed by atoms with E-state index in [0.29, 0.717) is 5.82 Å². The first-order valence-electron chi connectivity index (χ1n) is 4.41. The number of aromatic nitrogens is 1. The molecule has 0 amide bonds. The number of pyridine rings is 1. The van der Waals surface area contributed by atoms with Gasteiger partial charge < -0.3 is 5.73 Å². The van der Waals surface area contributed by atoms with E-state index in [1.165, 1.54) is 0 Å². The molecule has 0 fully saturated rings. The predicted molar refractivity (Wildman–Crippen MR) is 60.6 cm³/mol. The minimum atomic E-state index is 0.572. The van der Waals surface area contributed by atoms with Gasteiger partial charge in [0.2, 0.25) is 0 Å². The van der Waals surface area contributed by atoms with Gasteiger partial charge in [0, 0.05) is 10.4 Å². The minimum absolute atomic E-state index is 0.572. The molecule has 0 aliphatic carbocycles. The number of benzene rings is 1. The highest BCUT2D eigenvalue weighted by Gasteiger charge is 2.05. The van der Waals surface area contributed by atoms with Crippen LogP contribution in [0.25, 0.3) is 10.9 Å². The van der Waals surface area contributed by atoms with Crippen molar-refractivity contribution in [3.63, 3.8) is 0 Å². The second-order valence-electron chi connectivity index (χ2n) is 3.45. The Kier molecular flexibility index (Phi) is 2.08. The second-order valence-corrected chi connectivity index (χ2v) is 3.86. The zero-order valence-electron chi connectivity index (χ0n) is 8.13. The number of nitrogens with two attached hydrogens (primary N) is 1. The van der Waals surface area contributed by atoms with Gasteiger partial charge in [0.05, 0.1) is 5.52 Å². The number of hydrogen-bond acceptors (Lipinski definition) is 2. The molecule has 14 heavy (non-hydrogen) atoms. The van der Waals surface area contributed by atoms with Crippen LogP contribution in [0.2, 0.25) is 5.02 Å². The van der Waals surface area contributed by atoms with Crippen LogP contribution in [0.4, 0.5) is 5.82 Å². The molecule has 0 atom stereocenters. The average Bonchev–Trinajstić information content (AvgIpc) is 2.15. The molecule has 1 aromatic heterocycles. The van der Waals surface area contributed by atoms with Crippen molar-refractivity contribution in [1.29, 1.82) is 0 Å². The zero-order chi connectivity index (χ0) is 10.3. The summed E-state index contributed by atoms with van der Waals surface area (Å²) in [5, 5.41) is 1.69. The topological polar surface area (TPSA) is 38.9 Å². The van der Waals surface area contributed by atoms with Crippen LogP contribution in [0.3, 0.4) is 0 Å². The molecule has 2 N–H and O–H groups in total. The highest BCUT2D eigenvalue weighted by atomic mass is 35.5. The van der Waals surface area contributed by atoms with Crippen LogP contribution in [0.15, 0.2) is 18.2 Å². The van der Waals surface area contributed by atoms with E-state index in [-0.39, 0.29) is 0 Å². The van der Waals surface area contributed by atoms with Gasteiger partial charge in [-0.3, -0.25) is 0 Å². The van der Waals surface area contributed by atoms with E-state index >= 15 is 0 Å². The molecule has 0 saturated heterocycles. The zero-order valence-corrected chi connectivity index (χ0v) is 8.89. The average molecular weight is 207 g/mol. The van der Waals surface area contributed by atoms with Gasteiger partial charge in [-0.1, -0.05) is 17.7 Å². The Labute approximate surface area is 87.7 Å². The van der Waals surface area contributed by atoms with E-state index in [1.807, 2.05) is 32.0 Å².